The van der Waals surface area contributed by atoms with Crippen LogP contribution in [0.3, 0.4) is 0 Å². The quantitative estimate of drug-likeness (QED) is 0.511. The fraction of sp³-hybridized carbons (Fsp3) is 0. The molecule has 0 saturated carbocycles. The van der Waals surface area contributed by atoms with E-state index >= 15 is 0 Å². The van der Waals surface area contributed by atoms with Crippen LogP contribution in [-0.4, -0.2) is 0 Å². The Morgan fingerprint density at radius 3 is 2.50 bits per heavy atom. The molecule has 0 unspecified atom stereocenters. The van der Waals surface area contributed by atoms with Crippen LogP contribution < -0.4 is 17.0 Å². The first-order valence-corrected chi connectivity index (χ1v) is 4.84. The van der Waals surface area contributed by atoms with Crippen LogP contribution in [0.5, 0.6) is 0 Å². The molecule has 10 heavy (non-hydrogen) atoms. The molecule has 0 aliphatic rings. The molecule has 0 saturated heterocycles. The van der Waals surface area contributed by atoms with Crippen molar-refractivity contribution in [2.45, 2.75) is 4.90 Å². The Hall–Kier alpha value is 1.15. The Morgan fingerprint density at radius 1 is 1.50 bits per heavy atom. The minimum Gasteiger partial charge on any atom is -1.00 e. The Balaban J connectivity index is 0. The third-order valence-corrected chi connectivity index (χ3v) is 2.32. The minimum absolute atomic E-state index is 0. The number of benzene rings is 1. The summed E-state index contributed by atoms with van der Waals surface area (Å²) >= 11 is 3.25. The predicted molar refractivity (Wildman–Crippen MR) is 40.1 cm³/mol. The van der Waals surface area contributed by atoms with Gasteiger partial charge < -0.3 is 17.0 Å². The van der Waals surface area contributed by atoms with Gasteiger partial charge in [-0.3, -0.25) is 0 Å². The average molecular weight is 333 g/mol. The summed E-state index contributed by atoms with van der Waals surface area (Å²) in [6.45, 7) is 0. The van der Waals surface area contributed by atoms with E-state index in [2.05, 4.69) is 20.9 Å². The van der Waals surface area contributed by atoms with Crippen molar-refractivity contribution in [2.75, 3.05) is 0 Å². The largest absolute Gasteiger partial charge is 2.00 e. The summed E-state index contributed by atoms with van der Waals surface area (Å²) in [5.74, 6) is 0. The summed E-state index contributed by atoms with van der Waals surface area (Å²) in [5, 5.41) is 0. The van der Waals surface area contributed by atoms with Gasteiger partial charge in [0.15, 0.2) is 0 Å². The van der Waals surface area contributed by atoms with Crippen molar-refractivity contribution >= 4 is 25.0 Å². The second-order valence-corrected chi connectivity index (χ2v) is 2.91. The van der Waals surface area contributed by atoms with Crippen molar-refractivity contribution in [2.24, 2.45) is 0 Å². The third-order valence-electron chi connectivity index (χ3n) is 0.768. The molecule has 0 aliphatic carbocycles. The first kappa shape index (κ1) is 13.7. The molecule has 1 aromatic rings. The summed E-state index contributed by atoms with van der Waals surface area (Å²) in [6.07, 6.45) is 0. The molecule has 1 aromatic carbocycles. The Labute approximate surface area is 95.9 Å². The van der Waals surface area contributed by atoms with E-state index in [1.165, 1.54) is 4.90 Å². The molecule has 0 aromatic heterocycles. The molecular formula is C6H4Br2SZn. The van der Waals surface area contributed by atoms with Gasteiger partial charge in [-0.2, -0.15) is 30.3 Å². The molecule has 50 valence electrons. The van der Waals surface area contributed by atoms with Crippen LogP contribution in [-0.2, 0) is 19.5 Å². The molecule has 0 amide bonds. The van der Waals surface area contributed by atoms with Crippen LogP contribution in [0.25, 0.3) is 0 Å². The number of rotatable bonds is 1. The Bertz CT molecular complexity index is 157. The number of hydrogen-bond acceptors (Lipinski definition) is 1. The molecular weight excluding hydrogens is 329 g/mol. The van der Waals surface area contributed by atoms with Gasteiger partial charge in [0, 0.05) is 0 Å². The van der Waals surface area contributed by atoms with Crippen molar-refractivity contribution in [1.29, 1.82) is 0 Å². The van der Waals surface area contributed by atoms with E-state index in [9.17, 15) is 0 Å². The molecule has 0 bridgehead atoms. The molecule has 0 N–H and O–H groups in total. The molecule has 0 atom stereocenters. The standard InChI is InChI=1S/C6H4BrS.BrH.Zn/c7-8-6-4-2-1-3-5-6;;/h1-2,4-5H;1H;/q-1;;+2/p-1. The third kappa shape index (κ3) is 4.89. The zero-order chi connectivity index (χ0) is 5.82. The fourth-order valence-corrected chi connectivity index (χ4v) is 1.27. The molecule has 0 radical (unpaired) electrons. The molecule has 0 fully saturated rings. The predicted octanol–water partition coefficient (Wildman–Crippen LogP) is -0.110. The normalized spacial score (nSPS) is 7.30. The van der Waals surface area contributed by atoms with E-state index in [0.29, 0.717) is 0 Å². The number of halogens is 2. The van der Waals surface area contributed by atoms with Crippen LogP contribution in [0.4, 0.5) is 0 Å². The summed E-state index contributed by atoms with van der Waals surface area (Å²) in [4.78, 5) is 1.19. The van der Waals surface area contributed by atoms with E-state index in [4.69, 9.17) is 0 Å². The van der Waals surface area contributed by atoms with Crippen molar-refractivity contribution in [1.82, 2.24) is 0 Å². The second-order valence-electron chi connectivity index (χ2n) is 1.32. The van der Waals surface area contributed by atoms with Crippen molar-refractivity contribution in [3.05, 3.63) is 30.3 Å². The molecule has 1 rings (SSSR count). The first-order valence-electron chi connectivity index (χ1n) is 2.18. The monoisotopic (exact) mass is 330 g/mol. The summed E-state index contributed by atoms with van der Waals surface area (Å²) < 4.78 is 0. The van der Waals surface area contributed by atoms with Gasteiger partial charge in [0.05, 0.1) is 0 Å². The van der Waals surface area contributed by atoms with Gasteiger partial charge >= 0.3 is 19.5 Å². The van der Waals surface area contributed by atoms with Crippen molar-refractivity contribution in [3.8, 4) is 0 Å². The maximum absolute atomic E-state index is 3.25. The van der Waals surface area contributed by atoms with Gasteiger partial charge in [-0.05, 0) is 14.8 Å². The van der Waals surface area contributed by atoms with Crippen molar-refractivity contribution < 1.29 is 36.5 Å². The molecule has 4 heteroatoms. The van der Waals surface area contributed by atoms with Gasteiger partial charge in [-0.15, -0.1) is 10.2 Å². The summed E-state index contributed by atoms with van der Waals surface area (Å²) in [5.41, 5.74) is 0. The van der Waals surface area contributed by atoms with Crippen LogP contribution in [0.15, 0.2) is 29.2 Å². The average Bonchev–Trinajstić information content (AvgIpc) is 1.90. The van der Waals surface area contributed by atoms with E-state index < -0.39 is 0 Å². The first-order chi connectivity index (χ1) is 3.93. The van der Waals surface area contributed by atoms with Crippen LogP contribution in [0.1, 0.15) is 0 Å². The van der Waals surface area contributed by atoms with Gasteiger partial charge in [-0.1, -0.05) is 4.90 Å². The molecule has 0 nitrogen and oxygen atoms in total. The zero-order valence-corrected chi connectivity index (χ0v) is 12.1. The van der Waals surface area contributed by atoms with E-state index in [1.54, 1.807) is 10.2 Å². The fourth-order valence-electron chi connectivity index (χ4n) is 0.425. The van der Waals surface area contributed by atoms with Gasteiger partial charge in [0.1, 0.15) is 0 Å². The zero-order valence-electron chi connectivity index (χ0n) is 5.18. The number of hydrogen-bond donors (Lipinski definition) is 0. The van der Waals surface area contributed by atoms with Gasteiger partial charge in [0.2, 0.25) is 0 Å². The van der Waals surface area contributed by atoms with Crippen LogP contribution in [0, 0.1) is 6.07 Å². The Morgan fingerprint density at radius 2 is 2.20 bits per heavy atom. The maximum Gasteiger partial charge on any atom is 2.00 e. The van der Waals surface area contributed by atoms with E-state index in [0.717, 1.165) is 0 Å². The summed E-state index contributed by atoms with van der Waals surface area (Å²) in [6, 6.07) is 10.8. The second kappa shape index (κ2) is 8.25. The van der Waals surface area contributed by atoms with Crippen LogP contribution in [0.2, 0.25) is 0 Å². The molecule has 0 heterocycles. The minimum atomic E-state index is 0. The van der Waals surface area contributed by atoms with Crippen LogP contribution >= 0.6 is 25.0 Å². The molecule has 0 aliphatic heterocycles. The topological polar surface area (TPSA) is 0 Å². The summed E-state index contributed by atoms with van der Waals surface area (Å²) in [7, 11) is 1.55. The van der Waals surface area contributed by atoms with Crippen molar-refractivity contribution in [3.63, 3.8) is 0 Å². The maximum atomic E-state index is 3.25. The van der Waals surface area contributed by atoms with E-state index in [1.807, 2.05) is 24.3 Å². The smallest absolute Gasteiger partial charge is 1.00 e. The van der Waals surface area contributed by atoms with E-state index in [-0.39, 0.29) is 36.5 Å². The van der Waals surface area contributed by atoms with Gasteiger partial charge in [0.25, 0.3) is 0 Å². The Kier molecular flexibility index (Phi) is 11.3. The van der Waals surface area contributed by atoms with Gasteiger partial charge in [-0.25, -0.2) is 0 Å². The SMILES string of the molecule is BrSc1c[c-]ccc1.[Br-].[Zn+2]. The molecule has 0 spiro atoms.